The van der Waals surface area contributed by atoms with E-state index in [1.165, 1.54) is 0 Å². The number of para-hydroxylation sites is 1. The summed E-state index contributed by atoms with van der Waals surface area (Å²) in [6.45, 7) is 0. The molecule has 0 atom stereocenters. The van der Waals surface area contributed by atoms with E-state index in [4.69, 9.17) is 14.2 Å². The number of carbonyl (C=O) groups is 1. The van der Waals surface area contributed by atoms with Gasteiger partial charge in [-0.25, -0.2) is 4.79 Å². The predicted molar refractivity (Wildman–Crippen MR) is 139 cm³/mol. The minimum Gasteiger partial charge on any atom is -0.497 e. The average molecular weight is 461 g/mol. The van der Waals surface area contributed by atoms with Crippen LogP contribution in [0.4, 0.5) is 0 Å². The summed E-state index contributed by atoms with van der Waals surface area (Å²) < 4.78 is 16.5. The summed E-state index contributed by atoms with van der Waals surface area (Å²) in [5.74, 6) is 1.61. The second-order valence-corrected chi connectivity index (χ2v) is 8.05. The first-order valence-corrected chi connectivity index (χ1v) is 11.3. The highest BCUT2D eigenvalue weighted by Crippen LogP contribution is 2.40. The molecule has 4 nitrogen and oxygen atoms in total. The monoisotopic (exact) mass is 460 g/mol. The average Bonchev–Trinajstić information content (AvgIpc) is 2.93. The third-order valence-electron chi connectivity index (χ3n) is 6.00. The number of rotatable bonds is 6. The number of esters is 1. The first kappa shape index (κ1) is 22.2. The van der Waals surface area contributed by atoms with E-state index in [0.717, 1.165) is 44.5 Å². The maximum atomic E-state index is 13.6. The quantitative estimate of drug-likeness (QED) is 0.195. The summed E-state index contributed by atoms with van der Waals surface area (Å²) in [4.78, 5) is 13.6. The molecule has 0 amide bonds. The molecule has 0 spiro atoms. The molecule has 5 rings (SSSR count). The summed E-state index contributed by atoms with van der Waals surface area (Å²) in [5.41, 5.74) is 4.14. The third-order valence-corrected chi connectivity index (χ3v) is 6.00. The van der Waals surface area contributed by atoms with Crippen molar-refractivity contribution in [1.29, 1.82) is 0 Å². The number of hydrogen-bond donors (Lipinski definition) is 0. The Morgan fingerprint density at radius 3 is 1.71 bits per heavy atom. The Bertz CT molecular complexity index is 1470. The second-order valence-electron chi connectivity index (χ2n) is 8.05. The maximum absolute atomic E-state index is 13.6. The number of ether oxygens (including phenoxy) is 3. The molecule has 35 heavy (non-hydrogen) atoms. The van der Waals surface area contributed by atoms with Gasteiger partial charge in [-0.15, -0.1) is 0 Å². The van der Waals surface area contributed by atoms with E-state index < -0.39 is 5.97 Å². The molecule has 0 aliphatic heterocycles. The molecule has 0 bridgehead atoms. The van der Waals surface area contributed by atoms with Gasteiger partial charge in [0.1, 0.15) is 17.2 Å². The van der Waals surface area contributed by atoms with E-state index in [-0.39, 0.29) is 0 Å². The van der Waals surface area contributed by atoms with Crippen molar-refractivity contribution in [3.63, 3.8) is 0 Å². The van der Waals surface area contributed by atoms with Crippen LogP contribution in [0.5, 0.6) is 17.2 Å². The molecule has 4 heteroatoms. The van der Waals surface area contributed by atoms with E-state index in [2.05, 4.69) is 6.07 Å². The Morgan fingerprint density at radius 1 is 0.571 bits per heavy atom. The van der Waals surface area contributed by atoms with Crippen LogP contribution in [0, 0.1) is 0 Å². The molecule has 0 saturated heterocycles. The SMILES string of the molecule is COc1ccc(-c2cc(C(=O)Oc3ccccc3)c(-c3ccc(OC)cc3)c3ccccc23)cc1. The van der Waals surface area contributed by atoms with Crippen molar-refractivity contribution in [3.05, 3.63) is 115 Å². The van der Waals surface area contributed by atoms with Crippen molar-refractivity contribution < 1.29 is 19.0 Å². The van der Waals surface area contributed by atoms with E-state index >= 15 is 0 Å². The van der Waals surface area contributed by atoms with Gasteiger partial charge in [0.2, 0.25) is 0 Å². The lowest BCUT2D eigenvalue weighted by molar-refractivity contribution is 0.0736. The zero-order chi connectivity index (χ0) is 24.2. The fourth-order valence-corrected chi connectivity index (χ4v) is 4.26. The summed E-state index contributed by atoms with van der Waals surface area (Å²) >= 11 is 0. The van der Waals surface area contributed by atoms with Gasteiger partial charge in [0.05, 0.1) is 19.8 Å². The highest BCUT2D eigenvalue weighted by molar-refractivity contribution is 6.13. The zero-order valence-corrected chi connectivity index (χ0v) is 19.5. The number of methoxy groups -OCH3 is 2. The highest BCUT2D eigenvalue weighted by Gasteiger charge is 2.21. The lowest BCUT2D eigenvalue weighted by Crippen LogP contribution is -2.11. The van der Waals surface area contributed by atoms with Crippen LogP contribution in [-0.4, -0.2) is 20.2 Å². The van der Waals surface area contributed by atoms with Crippen molar-refractivity contribution in [3.8, 4) is 39.5 Å². The Balaban J connectivity index is 1.75. The summed E-state index contributed by atoms with van der Waals surface area (Å²) in [5, 5.41) is 2.01. The van der Waals surface area contributed by atoms with Crippen LogP contribution in [0.1, 0.15) is 10.4 Å². The molecule has 172 valence electrons. The van der Waals surface area contributed by atoms with E-state index in [1.807, 2.05) is 91.0 Å². The normalized spacial score (nSPS) is 10.7. The van der Waals surface area contributed by atoms with Crippen molar-refractivity contribution in [2.45, 2.75) is 0 Å². The van der Waals surface area contributed by atoms with Crippen LogP contribution >= 0.6 is 0 Å². The Morgan fingerprint density at radius 2 is 1.11 bits per heavy atom. The fourth-order valence-electron chi connectivity index (χ4n) is 4.26. The van der Waals surface area contributed by atoms with Crippen molar-refractivity contribution >= 4 is 16.7 Å². The Kier molecular flexibility index (Phi) is 6.18. The van der Waals surface area contributed by atoms with Gasteiger partial charge in [0.15, 0.2) is 0 Å². The van der Waals surface area contributed by atoms with Crippen LogP contribution < -0.4 is 14.2 Å². The van der Waals surface area contributed by atoms with E-state index in [1.54, 1.807) is 26.4 Å². The topological polar surface area (TPSA) is 44.8 Å². The number of hydrogen-bond acceptors (Lipinski definition) is 4. The van der Waals surface area contributed by atoms with Crippen molar-refractivity contribution in [2.75, 3.05) is 14.2 Å². The van der Waals surface area contributed by atoms with Crippen molar-refractivity contribution in [2.24, 2.45) is 0 Å². The van der Waals surface area contributed by atoms with Crippen LogP contribution in [0.25, 0.3) is 33.0 Å². The van der Waals surface area contributed by atoms with Crippen LogP contribution in [0.3, 0.4) is 0 Å². The minimum absolute atomic E-state index is 0.414. The summed E-state index contributed by atoms with van der Waals surface area (Å²) in [6.07, 6.45) is 0. The Hall–Kier alpha value is -4.57. The molecular formula is C31H24O4. The first-order chi connectivity index (χ1) is 17.2. The predicted octanol–water partition coefficient (Wildman–Crippen LogP) is 7.41. The molecule has 5 aromatic carbocycles. The lowest BCUT2D eigenvalue weighted by Gasteiger charge is -2.17. The van der Waals surface area contributed by atoms with Gasteiger partial charge in [-0.1, -0.05) is 66.7 Å². The lowest BCUT2D eigenvalue weighted by atomic mass is 9.88. The number of benzene rings is 5. The van der Waals surface area contributed by atoms with Crippen LogP contribution in [-0.2, 0) is 0 Å². The first-order valence-electron chi connectivity index (χ1n) is 11.3. The largest absolute Gasteiger partial charge is 0.497 e. The zero-order valence-electron chi connectivity index (χ0n) is 19.5. The highest BCUT2D eigenvalue weighted by atomic mass is 16.5. The molecule has 0 saturated carbocycles. The molecule has 0 heterocycles. The van der Waals surface area contributed by atoms with Crippen LogP contribution in [0.15, 0.2) is 109 Å². The fraction of sp³-hybridized carbons (Fsp3) is 0.0645. The maximum Gasteiger partial charge on any atom is 0.344 e. The Labute approximate surface area is 204 Å². The van der Waals surface area contributed by atoms with Gasteiger partial charge < -0.3 is 14.2 Å². The van der Waals surface area contributed by atoms with E-state index in [9.17, 15) is 4.79 Å². The molecule has 0 radical (unpaired) electrons. The van der Waals surface area contributed by atoms with Gasteiger partial charge in [-0.3, -0.25) is 0 Å². The smallest absolute Gasteiger partial charge is 0.344 e. The number of carbonyl (C=O) groups excluding carboxylic acids is 1. The summed E-state index contributed by atoms with van der Waals surface area (Å²) in [7, 11) is 3.28. The molecule has 5 aromatic rings. The second kappa shape index (κ2) is 9.74. The van der Waals surface area contributed by atoms with Crippen LogP contribution in [0.2, 0.25) is 0 Å². The third kappa shape index (κ3) is 4.46. The molecule has 0 fully saturated rings. The van der Waals surface area contributed by atoms with Gasteiger partial charge in [-0.2, -0.15) is 0 Å². The van der Waals surface area contributed by atoms with Gasteiger partial charge in [-0.05, 0) is 69.9 Å². The molecule has 0 unspecified atom stereocenters. The standard InChI is InChI=1S/C31H24O4/c1-33-23-16-12-21(13-17-23)28-20-29(31(32)35-25-8-4-3-5-9-25)30(27-11-7-6-10-26(27)28)22-14-18-24(34-2)19-15-22/h3-20H,1-2H3. The van der Waals surface area contributed by atoms with Crippen molar-refractivity contribution in [1.82, 2.24) is 0 Å². The number of fused-ring (bicyclic) bond motifs is 1. The van der Waals surface area contributed by atoms with E-state index in [0.29, 0.717) is 11.3 Å². The molecular weight excluding hydrogens is 436 g/mol. The minimum atomic E-state index is -0.414. The molecule has 0 aliphatic carbocycles. The van der Waals surface area contributed by atoms with Gasteiger partial charge >= 0.3 is 5.97 Å². The molecule has 0 N–H and O–H groups in total. The van der Waals surface area contributed by atoms with Gasteiger partial charge in [0.25, 0.3) is 0 Å². The molecule has 0 aliphatic rings. The summed E-state index contributed by atoms with van der Waals surface area (Å²) in [6, 6.07) is 34.7. The van der Waals surface area contributed by atoms with Gasteiger partial charge in [0, 0.05) is 5.56 Å². The molecule has 0 aromatic heterocycles.